The van der Waals surface area contributed by atoms with Crippen molar-refractivity contribution in [3.05, 3.63) is 0 Å². The average molecular weight is 132 g/mol. The van der Waals surface area contributed by atoms with Crippen molar-refractivity contribution < 1.29 is 4.18 Å². The second-order valence-electron chi connectivity index (χ2n) is 2.09. The molecule has 0 aliphatic carbocycles. The highest BCUT2D eigenvalue weighted by Gasteiger charge is 2.11. The molecule has 1 nitrogen and oxygen atoms in total. The van der Waals surface area contributed by atoms with Gasteiger partial charge in [-0.05, 0) is 31.3 Å². The first-order valence-electron chi connectivity index (χ1n) is 3.21. The topological polar surface area (TPSA) is 9.23 Å². The molecule has 0 radical (unpaired) electrons. The molecule has 1 unspecified atom stereocenters. The van der Waals surface area contributed by atoms with Crippen LogP contribution in [-0.4, -0.2) is 11.9 Å². The zero-order valence-electron chi connectivity index (χ0n) is 5.22. The first-order chi connectivity index (χ1) is 3.93. The maximum atomic E-state index is 5.34. The highest BCUT2D eigenvalue weighted by Crippen LogP contribution is 2.22. The summed E-state index contributed by atoms with van der Waals surface area (Å²) in [4.78, 5) is 0. The van der Waals surface area contributed by atoms with Crippen molar-refractivity contribution in [2.75, 3.05) is 5.75 Å². The SMILES string of the molecule is CCC1CCCSO1. The van der Waals surface area contributed by atoms with E-state index in [-0.39, 0.29) is 0 Å². The van der Waals surface area contributed by atoms with Gasteiger partial charge in [0.1, 0.15) is 0 Å². The third-order valence-electron chi connectivity index (χ3n) is 1.41. The largest absolute Gasteiger partial charge is 0.312 e. The van der Waals surface area contributed by atoms with E-state index in [1.54, 1.807) is 12.0 Å². The van der Waals surface area contributed by atoms with Crippen molar-refractivity contribution in [1.29, 1.82) is 0 Å². The van der Waals surface area contributed by atoms with E-state index in [0.717, 1.165) is 0 Å². The minimum Gasteiger partial charge on any atom is -0.312 e. The van der Waals surface area contributed by atoms with Crippen LogP contribution in [0.5, 0.6) is 0 Å². The lowest BCUT2D eigenvalue weighted by atomic mass is 10.2. The van der Waals surface area contributed by atoms with E-state index in [1.807, 2.05) is 0 Å². The van der Waals surface area contributed by atoms with Crippen LogP contribution in [0.3, 0.4) is 0 Å². The summed E-state index contributed by atoms with van der Waals surface area (Å²) in [7, 11) is 0. The Labute approximate surface area is 55.0 Å². The lowest BCUT2D eigenvalue weighted by Gasteiger charge is -2.18. The monoisotopic (exact) mass is 132 g/mol. The lowest BCUT2D eigenvalue weighted by Crippen LogP contribution is -2.12. The van der Waals surface area contributed by atoms with Gasteiger partial charge in [0.15, 0.2) is 0 Å². The molecule has 0 saturated carbocycles. The Hall–Kier alpha value is 0.310. The molecule has 0 bridgehead atoms. The van der Waals surface area contributed by atoms with Gasteiger partial charge < -0.3 is 4.18 Å². The van der Waals surface area contributed by atoms with E-state index in [0.29, 0.717) is 6.10 Å². The second-order valence-corrected chi connectivity index (χ2v) is 2.93. The van der Waals surface area contributed by atoms with Crippen LogP contribution in [0.4, 0.5) is 0 Å². The summed E-state index contributed by atoms with van der Waals surface area (Å²) in [5, 5.41) is 0. The van der Waals surface area contributed by atoms with Crippen molar-refractivity contribution >= 4 is 12.0 Å². The minimum atomic E-state index is 0.550. The Bertz CT molecular complexity index is 59.5. The van der Waals surface area contributed by atoms with Crippen LogP contribution in [0.2, 0.25) is 0 Å². The number of rotatable bonds is 1. The molecule has 0 N–H and O–H groups in total. The van der Waals surface area contributed by atoms with Gasteiger partial charge in [-0.25, -0.2) is 0 Å². The Balaban J connectivity index is 2.13. The summed E-state index contributed by atoms with van der Waals surface area (Å²) in [6, 6.07) is 0. The zero-order chi connectivity index (χ0) is 5.82. The van der Waals surface area contributed by atoms with Gasteiger partial charge in [0, 0.05) is 5.75 Å². The normalized spacial score (nSPS) is 30.4. The van der Waals surface area contributed by atoms with E-state index < -0.39 is 0 Å². The van der Waals surface area contributed by atoms with Crippen LogP contribution < -0.4 is 0 Å². The predicted octanol–water partition coefficient (Wildman–Crippen LogP) is 2.22. The Morgan fingerprint density at radius 3 is 3.00 bits per heavy atom. The summed E-state index contributed by atoms with van der Waals surface area (Å²) in [5.74, 6) is 1.19. The van der Waals surface area contributed by atoms with E-state index >= 15 is 0 Å². The van der Waals surface area contributed by atoms with Gasteiger partial charge in [0.05, 0.1) is 6.10 Å². The third-order valence-corrected chi connectivity index (χ3v) is 2.28. The number of hydrogen-bond acceptors (Lipinski definition) is 2. The maximum Gasteiger partial charge on any atom is 0.0720 e. The summed E-state index contributed by atoms with van der Waals surface area (Å²) < 4.78 is 5.34. The molecule has 8 heavy (non-hydrogen) atoms. The molecule has 2 heteroatoms. The van der Waals surface area contributed by atoms with Crippen LogP contribution >= 0.6 is 12.0 Å². The first-order valence-corrected chi connectivity index (χ1v) is 4.13. The zero-order valence-corrected chi connectivity index (χ0v) is 6.04. The van der Waals surface area contributed by atoms with Crippen molar-refractivity contribution in [1.82, 2.24) is 0 Å². The van der Waals surface area contributed by atoms with E-state index in [9.17, 15) is 0 Å². The van der Waals surface area contributed by atoms with E-state index in [1.165, 1.54) is 25.0 Å². The molecule has 0 aromatic carbocycles. The molecule has 0 amide bonds. The third kappa shape index (κ3) is 1.67. The van der Waals surface area contributed by atoms with Crippen molar-refractivity contribution in [3.8, 4) is 0 Å². The molecule has 1 aliphatic heterocycles. The van der Waals surface area contributed by atoms with Crippen molar-refractivity contribution in [3.63, 3.8) is 0 Å². The lowest BCUT2D eigenvalue weighted by molar-refractivity contribution is 0.210. The van der Waals surface area contributed by atoms with Crippen molar-refractivity contribution in [2.24, 2.45) is 0 Å². The van der Waals surface area contributed by atoms with Crippen molar-refractivity contribution in [2.45, 2.75) is 32.3 Å². The highest BCUT2D eigenvalue weighted by atomic mass is 32.2. The molecular formula is C6H12OS. The predicted molar refractivity (Wildman–Crippen MR) is 36.9 cm³/mol. The Morgan fingerprint density at radius 2 is 2.62 bits per heavy atom. The molecule has 1 saturated heterocycles. The van der Waals surface area contributed by atoms with E-state index in [4.69, 9.17) is 4.18 Å². The average Bonchev–Trinajstić information content (AvgIpc) is 1.90. The Morgan fingerprint density at radius 1 is 1.75 bits per heavy atom. The van der Waals surface area contributed by atoms with Crippen LogP contribution in [0.1, 0.15) is 26.2 Å². The molecule has 0 aromatic rings. The summed E-state index contributed by atoms with van der Waals surface area (Å²) in [5.41, 5.74) is 0. The molecule has 1 aliphatic rings. The summed E-state index contributed by atoms with van der Waals surface area (Å²) in [6.45, 7) is 2.18. The van der Waals surface area contributed by atoms with Gasteiger partial charge in [-0.2, -0.15) is 0 Å². The molecular weight excluding hydrogens is 120 g/mol. The smallest absolute Gasteiger partial charge is 0.0720 e. The highest BCUT2D eigenvalue weighted by molar-refractivity contribution is 7.94. The maximum absolute atomic E-state index is 5.34. The van der Waals surface area contributed by atoms with E-state index in [2.05, 4.69) is 6.92 Å². The summed E-state index contributed by atoms with van der Waals surface area (Å²) in [6.07, 6.45) is 4.33. The summed E-state index contributed by atoms with van der Waals surface area (Å²) >= 11 is 1.63. The fourth-order valence-corrected chi connectivity index (χ4v) is 1.64. The number of hydrogen-bond donors (Lipinski definition) is 0. The van der Waals surface area contributed by atoms with Gasteiger partial charge in [-0.1, -0.05) is 6.92 Å². The Kier molecular flexibility index (Phi) is 2.70. The van der Waals surface area contributed by atoms with Gasteiger partial charge in [0.25, 0.3) is 0 Å². The fraction of sp³-hybridized carbons (Fsp3) is 1.00. The van der Waals surface area contributed by atoms with Gasteiger partial charge in [0.2, 0.25) is 0 Å². The first kappa shape index (κ1) is 6.43. The van der Waals surface area contributed by atoms with Crippen LogP contribution in [-0.2, 0) is 4.18 Å². The molecule has 1 rings (SSSR count). The molecule has 0 aromatic heterocycles. The quantitative estimate of drug-likeness (QED) is 0.506. The minimum absolute atomic E-state index is 0.550. The van der Waals surface area contributed by atoms with Gasteiger partial charge in [-0.3, -0.25) is 0 Å². The molecule has 0 spiro atoms. The van der Waals surface area contributed by atoms with Crippen LogP contribution in [0.15, 0.2) is 0 Å². The molecule has 48 valence electrons. The molecule has 1 atom stereocenters. The van der Waals surface area contributed by atoms with Gasteiger partial charge in [-0.15, -0.1) is 0 Å². The molecule has 1 heterocycles. The van der Waals surface area contributed by atoms with Crippen LogP contribution in [0, 0.1) is 0 Å². The van der Waals surface area contributed by atoms with Crippen LogP contribution in [0.25, 0.3) is 0 Å². The molecule has 1 fully saturated rings. The fourth-order valence-electron chi connectivity index (χ4n) is 0.835. The standard InChI is InChI=1S/C6H12OS/c1-2-6-4-3-5-8-7-6/h6H,2-5H2,1H3. The second kappa shape index (κ2) is 3.36. The van der Waals surface area contributed by atoms with Gasteiger partial charge >= 0.3 is 0 Å².